The summed E-state index contributed by atoms with van der Waals surface area (Å²) in [5, 5.41) is 0. The van der Waals surface area contributed by atoms with E-state index in [1.54, 1.807) is 0 Å². The molecule has 0 amide bonds. The first-order chi connectivity index (χ1) is 8.95. The Balaban J connectivity index is 0.000000771. The second kappa shape index (κ2) is 9.49. The lowest BCUT2D eigenvalue weighted by molar-refractivity contribution is 0.702. The minimum atomic E-state index is 1.20. The van der Waals surface area contributed by atoms with E-state index in [-0.39, 0.29) is 0 Å². The zero-order valence-corrected chi connectivity index (χ0v) is 11.2. The molecule has 0 bridgehead atoms. The third-order valence-electron chi connectivity index (χ3n) is 2.87. The Morgan fingerprint density at radius 3 is 1.28 bits per heavy atom. The highest BCUT2D eigenvalue weighted by Gasteiger charge is 1.94. The van der Waals surface area contributed by atoms with E-state index >= 15 is 0 Å². The molecule has 2 aromatic rings. The summed E-state index contributed by atoms with van der Waals surface area (Å²) in [7, 11) is 0. The van der Waals surface area contributed by atoms with Crippen LogP contribution in [0.25, 0.3) is 0 Å². The van der Waals surface area contributed by atoms with Crippen molar-refractivity contribution in [3.63, 3.8) is 0 Å². The molecule has 94 valence electrons. The normalized spacial score (nSPS) is 9.33. The topological polar surface area (TPSA) is 17.1 Å². The lowest BCUT2D eigenvalue weighted by atomic mass is 10.0. The molecule has 0 saturated carbocycles. The van der Waals surface area contributed by atoms with Crippen LogP contribution >= 0.6 is 0 Å². The van der Waals surface area contributed by atoms with Gasteiger partial charge in [0.05, 0.1) is 0 Å². The van der Waals surface area contributed by atoms with Gasteiger partial charge in [0.25, 0.3) is 0 Å². The van der Waals surface area contributed by atoms with Gasteiger partial charge in [0, 0.05) is 0 Å². The number of unbranched alkanes of at least 4 members (excludes halogenated alkanes) is 1. The van der Waals surface area contributed by atoms with Crippen molar-refractivity contribution >= 4 is 12.5 Å². The monoisotopic (exact) mass is 258 g/mol. The van der Waals surface area contributed by atoms with E-state index in [0.717, 1.165) is 0 Å². The predicted octanol–water partition coefficient (Wildman–Crippen LogP) is 3.92. The fraction of sp³-hybridized carbons (Fsp3) is 0.250. The van der Waals surface area contributed by atoms with Crippen LogP contribution in [0.2, 0.25) is 0 Å². The second-order valence-electron chi connectivity index (χ2n) is 4.18. The van der Waals surface area contributed by atoms with Crippen LogP contribution in [0.5, 0.6) is 0 Å². The molecule has 0 aliphatic heterocycles. The Kier molecular flexibility index (Phi) is 7.65. The highest BCUT2D eigenvalue weighted by molar-refractivity contribution is 7.44. The molecule has 0 spiro atoms. The fourth-order valence-electron chi connectivity index (χ4n) is 1.95. The third-order valence-corrected chi connectivity index (χ3v) is 2.87. The lowest BCUT2D eigenvalue weighted by Gasteiger charge is -2.02. The molecule has 0 heterocycles. The molecular formula is C16H18OS. The smallest absolute Gasteiger partial charge is 0.197 e. The van der Waals surface area contributed by atoms with E-state index in [9.17, 15) is 0 Å². The summed E-state index contributed by atoms with van der Waals surface area (Å²) in [6.07, 6.45) is 4.96. The molecule has 2 aromatic carbocycles. The molecular weight excluding hydrogens is 240 g/mol. The first-order valence-electron chi connectivity index (χ1n) is 6.20. The van der Waals surface area contributed by atoms with Gasteiger partial charge in [-0.3, -0.25) is 0 Å². The van der Waals surface area contributed by atoms with Crippen molar-refractivity contribution in [2.75, 3.05) is 0 Å². The highest BCUT2D eigenvalue weighted by Crippen LogP contribution is 2.08. The van der Waals surface area contributed by atoms with Crippen molar-refractivity contribution in [2.45, 2.75) is 25.7 Å². The maximum Gasteiger partial charge on any atom is 0.197 e. The summed E-state index contributed by atoms with van der Waals surface area (Å²) in [5.41, 5.74) is 2.91. The van der Waals surface area contributed by atoms with E-state index in [1.807, 2.05) is 0 Å². The number of rotatable bonds is 5. The van der Waals surface area contributed by atoms with Gasteiger partial charge in [-0.25, -0.2) is 0 Å². The van der Waals surface area contributed by atoms with Gasteiger partial charge in [0.1, 0.15) is 0 Å². The van der Waals surface area contributed by atoms with Crippen LogP contribution in [0.4, 0.5) is 0 Å². The molecule has 2 rings (SSSR count). The van der Waals surface area contributed by atoms with Crippen molar-refractivity contribution in [3.05, 3.63) is 71.8 Å². The van der Waals surface area contributed by atoms with Gasteiger partial charge in [-0.15, -0.1) is 0 Å². The van der Waals surface area contributed by atoms with Crippen molar-refractivity contribution in [1.29, 1.82) is 0 Å². The molecule has 0 fully saturated rings. The summed E-state index contributed by atoms with van der Waals surface area (Å²) in [4.78, 5) is 0. The van der Waals surface area contributed by atoms with Crippen molar-refractivity contribution < 1.29 is 4.21 Å². The van der Waals surface area contributed by atoms with E-state index in [2.05, 4.69) is 73.2 Å². The van der Waals surface area contributed by atoms with Crippen LogP contribution < -0.4 is 0 Å². The molecule has 0 radical (unpaired) electrons. The molecule has 0 unspecified atom stereocenters. The predicted molar refractivity (Wildman–Crippen MR) is 77.7 cm³/mol. The number of hydrogen-bond donors (Lipinski definition) is 0. The van der Waals surface area contributed by atoms with Crippen LogP contribution in [0, 0.1) is 0 Å². The summed E-state index contributed by atoms with van der Waals surface area (Å²) >= 11 is 2.83. The highest BCUT2D eigenvalue weighted by atomic mass is 32.1. The Morgan fingerprint density at radius 1 is 0.611 bits per heavy atom. The van der Waals surface area contributed by atoms with Crippen molar-refractivity contribution in [3.8, 4) is 0 Å². The zero-order chi connectivity index (χ0) is 13.1. The summed E-state index contributed by atoms with van der Waals surface area (Å²) in [5.74, 6) is 0. The third kappa shape index (κ3) is 5.69. The molecule has 0 aliphatic carbocycles. The molecule has 0 aromatic heterocycles. The summed E-state index contributed by atoms with van der Waals surface area (Å²) in [6.45, 7) is 0. The molecule has 18 heavy (non-hydrogen) atoms. The summed E-state index contributed by atoms with van der Waals surface area (Å²) < 4.78 is 7.83. The summed E-state index contributed by atoms with van der Waals surface area (Å²) in [6, 6.07) is 21.5. The minimum absolute atomic E-state index is 1.20. The SMILES string of the molecule is O=S.c1ccc(CCCCc2ccccc2)cc1. The average Bonchev–Trinajstić information content (AvgIpc) is 2.48. The Labute approximate surface area is 114 Å². The van der Waals surface area contributed by atoms with Gasteiger partial charge >= 0.3 is 0 Å². The van der Waals surface area contributed by atoms with Gasteiger partial charge in [-0.1, -0.05) is 60.7 Å². The first-order valence-corrected chi connectivity index (χ1v) is 6.53. The van der Waals surface area contributed by atoms with Crippen LogP contribution in [0.1, 0.15) is 24.0 Å². The lowest BCUT2D eigenvalue weighted by Crippen LogP contribution is -1.88. The van der Waals surface area contributed by atoms with Gasteiger partial charge in [-0.2, -0.15) is 4.21 Å². The quantitative estimate of drug-likeness (QED) is 0.756. The molecule has 0 saturated heterocycles. The minimum Gasteiger partial charge on any atom is -0.197 e. The van der Waals surface area contributed by atoms with Crippen molar-refractivity contribution in [2.24, 2.45) is 0 Å². The molecule has 0 N–H and O–H groups in total. The second-order valence-corrected chi connectivity index (χ2v) is 4.18. The van der Waals surface area contributed by atoms with E-state index in [4.69, 9.17) is 4.21 Å². The van der Waals surface area contributed by atoms with Gasteiger partial charge in [-0.05, 0) is 36.8 Å². The molecule has 0 atom stereocenters. The van der Waals surface area contributed by atoms with E-state index < -0.39 is 0 Å². The van der Waals surface area contributed by atoms with Gasteiger partial charge in [0.15, 0.2) is 12.5 Å². The number of aryl methyl sites for hydroxylation is 2. The molecule has 2 heteroatoms. The van der Waals surface area contributed by atoms with Gasteiger partial charge in [0.2, 0.25) is 0 Å². The maximum atomic E-state index is 7.83. The van der Waals surface area contributed by atoms with Gasteiger partial charge < -0.3 is 0 Å². The van der Waals surface area contributed by atoms with E-state index in [1.165, 1.54) is 36.8 Å². The standard InChI is InChI=1S/C16H18.OS/c1-3-9-15(10-4-1)13-7-8-14-16-11-5-2-6-12-16;1-2/h1-6,9-12H,7-8,13-14H2;. The Morgan fingerprint density at radius 2 is 0.944 bits per heavy atom. The first kappa shape index (κ1) is 14.5. The Hall–Kier alpha value is -1.54. The molecule has 0 aliphatic rings. The average molecular weight is 258 g/mol. The number of benzene rings is 2. The van der Waals surface area contributed by atoms with Crippen molar-refractivity contribution in [1.82, 2.24) is 0 Å². The zero-order valence-electron chi connectivity index (χ0n) is 10.4. The van der Waals surface area contributed by atoms with Crippen LogP contribution in [0.3, 0.4) is 0 Å². The van der Waals surface area contributed by atoms with Crippen LogP contribution in [0.15, 0.2) is 60.7 Å². The fourth-order valence-corrected chi connectivity index (χ4v) is 1.95. The maximum absolute atomic E-state index is 7.83. The van der Waals surface area contributed by atoms with E-state index in [0.29, 0.717) is 0 Å². The Bertz CT molecular complexity index is 372. The van der Waals surface area contributed by atoms with Crippen LogP contribution in [-0.4, -0.2) is 4.21 Å². The number of hydrogen-bond acceptors (Lipinski definition) is 2. The van der Waals surface area contributed by atoms with Crippen LogP contribution in [-0.2, 0) is 25.4 Å². The molecule has 1 nitrogen and oxygen atoms in total. The largest absolute Gasteiger partial charge is 0.197 e.